The molecule has 8 heteroatoms. The average Bonchev–Trinajstić information content (AvgIpc) is 3.14. The van der Waals surface area contributed by atoms with Gasteiger partial charge in [-0.15, -0.1) is 0 Å². The van der Waals surface area contributed by atoms with Gasteiger partial charge in [0.05, 0.1) is 5.56 Å². The fraction of sp³-hybridized carbons (Fsp3) is 0.440. The second-order valence-electron chi connectivity index (χ2n) is 8.69. The number of amides is 2. The van der Waals surface area contributed by atoms with E-state index in [1.165, 1.54) is 13.1 Å². The zero-order valence-corrected chi connectivity index (χ0v) is 18.8. The number of nitrogens with one attached hydrogen (secondary N) is 3. The highest BCUT2D eigenvalue weighted by Gasteiger charge is 2.41. The van der Waals surface area contributed by atoms with E-state index >= 15 is 0 Å². The van der Waals surface area contributed by atoms with Crippen molar-refractivity contribution in [3.63, 3.8) is 0 Å². The van der Waals surface area contributed by atoms with Crippen molar-refractivity contribution in [2.24, 2.45) is 5.92 Å². The Morgan fingerprint density at radius 2 is 1.94 bits per heavy atom. The molecule has 1 unspecified atom stereocenters. The van der Waals surface area contributed by atoms with Crippen molar-refractivity contribution >= 4 is 11.8 Å². The molecule has 2 heterocycles. The molecule has 1 fully saturated rings. The van der Waals surface area contributed by atoms with Crippen molar-refractivity contribution in [2.75, 3.05) is 26.7 Å². The second kappa shape index (κ2) is 9.47. The molecule has 0 aliphatic carbocycles. The number of halogens is 2. The van der Waals surface area contributed by atoms with E-state index < -0.39 is 17.7 Å². The van der Waals surface area contributed by atoms with Crippen LogP contribution in [0, 0.1) is 5.92 Å². The number of piperidine rings is 1. The molecule has 6 nitrogen and oxygen atoms in total. The van der Waals surface area contributed by atoms with Crippen molar-refractivity contribution in [3.8, 4) is 5.75 Å². The van der Waals surface area contributed by atoms with E-state index in [9.17, 15) is 18.4 Å². The number of carbonyl (C=O) groups is 2. The topological polar surface area (TPSA) is 79.5 Å². The fourth-order valence-electron chi connectivity index (χ4n) is 4.73. The third-order valence-corrected chi connectivity index (χ3v) is 6.52. The summed E-state index contributed by atoms with van der Waals surface area (Å²) in [6.07, 6.45) is -0.235. The molecule has 2 aromatic carbocycles. The lowest BCUT2D eigenvalue weighted by Crippen LogP contribution is -2.45. The molecule has 1 saturated heterocycles. The van der Waals surface area contributed by atoms with E-state index in [0.717, 1.165) is 11.1 Å². The van der Waals surface area contributed by atoms with E-state index in [0.29, 0.717) is 17.9 Å². The van der Waals surface area contributed by atoms with Crippen LogP contribution in [-0.2, 0) is 0 Å². The molecule has 3 atom stereocenters. The van der Waals surface area contributed by atoms with Crippen molar-refractivity contribution in [3.05, 3.63) is 64.7 Å². The van der Waals surface area contributed by atoms with Crippen molar-refractivity contribution in [1.29, 1.82) is 0 Å². The maximum Gasteiger partial charge on any atom is 0.254 e. The molecule has 0 radical (unpaired) electrons. The molecule has 2 aromatic rings. The quantitative estimate of drug-likeness (QED) is 0.622. The summed E-state index contributed by atoms with van der Waals surface area (Å²) in [5.74, 6) is -3.96. The number of hydrogen-bond acceptors (Lipinski definition) is 4. The SMILES string of the molecule is CNC(=O)c1cc(C(=O)NCCC2CNCCC2(F)F)cc2c1O[C@@H](C)[C@@H]2c1ccccc1. The molecule has 2 aliphatic rings. The maximum atomic E-state index is 14.1. The molecular weight excluding hydrogens is 428 g/mol. The fourth-order valence-corrected chi connectivity index (χ4v) is 4.73. The summed E-state index contributed by atoms with van der Waals surface area (Å²) in [6.45, 7) is 2.60. The predicted octanol–water partition coefficient (Wildman–Crippen LogP) is 3.32. The maximum absolute atomic E-state index is 14.1. The van der Waals surface area contributed by atoms with E-state index in [2.05, 4.69) is 16.0 Å². The van der Waals surface area contributed by atoms with Crippen LogP contribution in [0.5, 0.6) is 5.75 Å². The third kappa shape index (κ3) is 4.71. The van der Waals surface area contributed by atoms with Crippen LogP contribution in [0.25, 0.3) is 0 Å². The summed E-state index contributed by atoms with van der Waals surface area (Å²) in [6, 6.07) is 13.0. The van der Waals surface area contributed by atoms with Crippen LogP contribution in [-0.4, -0.2) is 50.5 Å². The van der Waals surface area contributed by atoms with Crippen LogP contribution >= 0.6 is 0 Å². The molecule has 2 amide bonds. The zero-order chi connectivity index (χ0) is 23.6. The average molecular weight is 458 g/mol. The third-order valence-electron chi connectivity index (χ3n) is 6.52. The van der Waals surface area contributed by atoms with E-state index in [1.54, 1.807) is 6.07 Å². The molecule has 0 spiro atoms. The first-order valence-corrected chi connectivity index (χ1v) is 11.3. The van der Waals surface area contributed by atoms with E-state index in [1.807, 2.05) is 37.3 Å². The van der Waals surface area contributed by atoms with Crippen molar-refractivity contribution in [1.82, 2.24) is 16.0 Å². The Hall–Kier alpha value is -3.00. The van der Waals surface area contributed by atoms with Crippen LogP contribution < -0.4 is 20.7 Å². The van der Waals surface area contributed by atoms with Crippen molar-refractivity contribution < 1.29 is 23.1 Å². The molecular formula is C25H29F2N3O3. The summed E-state index contributed by atoms with van der Waals surface area (Å²) in [5.41, 5.74) is 2.38. The number of fused-ring (bicyclic) bond motifs is 1. The smallest absolute Gasteiger partial charge is 0.254 e. The Labute approximate surface area is 192 Å². The molecule has 0 saturated carbocycles. The van der Waals surface area contributed by atoms with Crippen LogP contribution in [0.3, 0.4) is 0 Å². The molecule has 0 bridgehead atoms. The Morgan fingerprint density at radius 3 is 2.64 bits per heavy atom. The van der Waals surface area contributed by atoms with Gasteiger partial charge in [-0.05, 0) is 31.0 Å². The zero-order valence-electron chi connectivity index (χ0n) is 18.8. The number of alkyl halides is 2. The van der Waals surface area contributed by atoms with Crippen LogP contribution in [0.1, 0.15) is 57.5 Å². The Bertz CT molecular complexity index is 1030. The Kier molecular flexibility index (Phi) is 6.65. The van der Waals surface area contributed by atoms with Crippen LogP contribution in [0.15, 0.2) is 42.5 Å². The molecule has 33 heavy (non-hydrogen) atoms. The predicted molar refractivity (Wildman–Crippen MR) is 121 cm³/mol. The van der Waals surface area contributed by atoms with Gasteiger partial charge >= 0.3 is 0 Å². The summed E-state index contributed by atoms with van der Waals surface area (Å²) in [7, 11) is 1.52. The molecule has 4 rings (SSSR count). The summed E-state index contributed by atoms with van der Waals surface area (Å²) in [5, 5.41) is 8.34. The van der Waals surface area contributed by atoms with Crippen LogP contribution in [0.2, 0.25) is 0 Å². The minimum absolute atomic E-state index is 0.127. The lowest BCUT2D eigenvalue weighted by Gasteiger charge is -2.31. The summed E-state index contributed by atoms with van der Waals surface area (Å²) in [4.78, 5) is 25.5. The molecule has 3 N–H and O–H groups in total. The minimum atomic E-state index is -2.73. The number of rotatable bonds is 6. The van der Waals surface area contributed by atoms with Gasteiger partial charge in [0.15, 0.2) is 0 Å². The highest BCUT2D eigenvalue weighted by Crippen LogP contribution is 2.45. The number of ether oxygens (including phenoxy) is 1. The van der Waals surface area contributed by atoms with E-state index in [4.69, 9.17) is 4.74 Å². The van der Waals surface area contributed by atoms with Crippen molar-refractivity contribution in [2.45, 2.75) is 37.7 Å². The number of carbonyl (C=O) groups excluding carboxylic acids is 2. The van der Waals surface area contributed by atoms with Gasteiger partial charge in [0.2, 0.25) is 0 Å². The van der Waals surface area contributed by atoms with Gasteiger partial charge in [-0.3, -0.25) is 9.59 Å². The van der Waals surface area contributed by atoms with E-state index in [-0.39, 0.29) is 49.4 Å². The lowest BCUT2D eigenvalue weighted by molar-refractivity contribution is -0.0801. The first-order chi connectivity index (χ1) is 15.8. The lowest BCUT2D eigenvalue weighted by atomic mass is 9.87. The van der Waals surface area contributed by atoms with Gasteiger partial charge in [-0.25, -0.2) is 8.78 Å². The molecule has 2 aliphatic heterocycles. The highest BCUT2D eigenvalue weighted by atomic mass is 19.3. The van der Waals surface area contributed by atoms with Gasteiger partial charge < -0.3 is 20.7 Å². The monoisotopic (exact) mass is 457 g/mol. The van der Waals surface area contributed by atoms with Gasteiger partial charge in [0.1, 0.15) is 11.9 Å². The van der Waals surface area contributed by atoms with Gasteiger partial charge in [-0.2, -0.15) is 0 Å². The second-order valence-corrected chi connectivity index (χ2v) is 8.69. The first-order valence-electron chi connectivity index (χ1n) is 11.3. The number of benzene rings is 2. The molecule has 0 aromatic heterocycles. The largest absolute Gasteiger partial charge is 0.489 e. The number of hydrogen-bond donors (Lipinski definition) is 3. The minimum Gasteiger partial charge on any atom is -0.489 e. The Balaban J connectivity index is 1.58. The molecule has 176 valence electrons. The summed E-state index contributed by atoms with van der Waals surface area (Å²) >= 11 is 0. The standard InChI is InChI=1S/C25H29F2N3O3/c1-15-21(16-6-4-3-5-7-16)19-12-17(13-20(22(19)33-15)24(32)28-2)23(31)30-10-8-18-14-29-11-9-25(18,26)27/h3-7,12-13,15,18,21,29H,8-11,14H2,1-2H3,(H,28,32)(H,30,31)/t15-,18?,21+/m0/s1. The normalized spacial score (nSPS) is 23.3. The van der Waals surface area contributed by atoms with Gasteiger partial charge in [-0.1, -0.05) is 30.3 Å². The Morgan fingerprint density at radius 1 is 1.18 bits per heavy atom. The summed E-state index contributed by atoms with van der Waals surface area (Å²) < 4.78 is 34.2. The van der Waals surface area contributed by atoms with Crippen LogP contribution in [0.4, 0.5) is 8.78 Å². The highest BCUT2D eigenvalue weighted by molar-refractivity contribution is 6.02. The van der Waals surface area contributed by atoms with Gasteiger partial charge in [0.25, 0.3) is 17.7 Å². The van der Waals surface area contributed by atoms with Gasteiger partial charge in [0, 0.05) is 56.1 Å². The first kappa shape index (κ1) is 23.2.